The summed E-state index contributed by atoms with van der Waals surface area (Å²) in [5, 5.41) is 0. The third-order valence-corrected chi connectivity index (χ3v) is 7.16. The summed E-state index contributed by atoms with van der Waals surface area (Å²) in [6.07, 6.45) is 4.56. The van der Waals surface area contributed by atoms with Crippen molar-refractivity contribution in [3.05, 3.63) is 0 Å². The minimum Gasteiger partial charge on any atom is -0.271 e. The van der Waals surface area contributed by atoms with Gasteiger partial charge in [-0.1, -0.05) is 20.3 Å². The summed E-state index contributed by atoms with van der Waals surface area (Å²) < 4.78 is 23.1. The zero-order chi connectivity index (χ0) is 14.1. The maximum absolute atomic E-state index is 11.9. The highest BCUT2D eigenvalue weighted by molar-refractivity contribution is 7.92. The highest BCUT2D eigenvalue weighted by Crippen LogP contribution is 2.38. The molecule has 4 unspecified atom stereocenters. The Kier molecular flexibility index (Phi) is 4.84. The minimum absolute atomic E-state index is 0.178. The number of hydrazine groups is 1. The van der Waals surface area contributed by atoms with Crippen molar-refractivity contribution in [1.29, 1.82) is 0 Å². The van der Waals surface area contributed by atoms with E-state index in [0.29, 0.717) is 11.8 Å². The van der Waals surface area contributed by atoms with Gasteiger partial charge in [0.1, 0.15) is 0 Å². The molecule has 0 saturated heterocycles. The molecule has 1 fully saturated rings. The molecule has 0 amide bonds. The lowest BCUT2D eigenvalue weighted by atomic mass is 9.71. The Balaban J connectivity index is 2.91. The molecular formula is C13H28N2O2S. The molecule has 18 heavy (non-hydrogen) atoms. The van der Waals surface area contributed by atoms with Crippen LogP contribution >= 0.6 is 0 Å². The SMILES string of the molecule is CC1CCC(C(NN)C(C)(C)S(C)(=O)=O)CC1C. The van der Waals surface area contributed by atoms with Gasteiger partial charge in [0.15, 0.2) is 9.84 Å². The minimum atomic E-state index is -3.14. The molecule has 1 rings (SSSR count). The summed E-state index contributed by atoms with van der Waals surface area (Å²) in [6.45, 7) is 8.07. The van der Waals surface area contributed by atoms with E-state index in [9.17, 15) is 8.42 Å². The number of sulfone groups is 1. The first-order chi connectivity index (χ1) is 8.11. The van der Waals surface area contributed by atoms with Crippen LogP contribution in [0.5, 0.6) is 0 Å². The molecule has 0 aliphatic heterocycles. The van der Waals surface area contributed by atoms with Crippen LogP contribution in [-0.2, 0) is 9.84 Å². The van der Waals surface area contributed by atoms with Crippen molar-refractivity contribution in [3.63, 3.8) is 0 Å². The second-order valence-corrected chi connectivity index (χ2v) is 9.14. The van der Waals surface area contributed by atoms with Crippen molar-refractivity contribution >= 4 is 9.84 Å². The van der Waals surface area contributed by atoms with Gasteiger partial charge in [0.05, 0.1) is 4.75 Å². The zero-order valence-electron chi connectivity index (χ0n) is 12.2. The van der Waals surface area contributed by atoms with Crippen molar-refractivity contribution in [1.82, 2.24) is 5.43 Å². The van der Waals surface area contributed by atoms with E-state index in [0.717, 1.165) is 25.2 Å². The van der Waals surface area contributed by atoms with E-state index in [1.807, 2.05) is 0 Å². The molecular weight excluding hydrogens is 248 g/mol. The molecule has 0 aromatic rings. The summed E-state index contributed by atoms with van der Waals surface area (Å²) in [7, 11) is -3.14. The van der Waals surface area contributed by atoms with Crippen LogP contribution in [0.25, 0.3) is 0 Å². The average Bonchev–Trinajstić information content (AvgIpc) is 2.22. The van der Waals surface area contributed by atoms with Crippen LogP contribution < -0.4 is 11.3 Å². The van der Waals surface area contributed by atoms with Gasteiger partial charge in [-0.25, -0.2) is 8.42 Å². The van der Waals surface area contributed by atoms with E-state index < -0.39 is 14.6 Å². The fraction of sp³-hybridized carbons (Fsp3) is 1.00. The average molecular weight is 276 g/mol. The number of nitrogens with two attached hydrogens (primary N) is 1. The van der Waals surface area contributed by atoms with Gasteiger partial charge in [-0.05, 0) is 44.4 Å². The standard InChI is InChI=1S/C13H28N2O2S/c1-9-6-7-11(8-10(9)2)12(15-14)13(3,4)18(5,16)17/h9-12,15H,6-8,14H2,1-5H3. The Morgan fingerprint density at radius 1 is 1.22 bits per heavy atom. The van der Waals surface area contributed by atoms with Crippen molar-refractivity contribution < 1.29 is 8.42 Å². The highest BCUT2D eigenvalue weighted by atomic mass is 32.2. The molecule has 0 aromatic heterocycles. The summed E-state index contributed by atoms with van der Waals surface area (Å²) in [5.41, 5.74) is 2.77. The van der Waals surface area contributed by atoms with Gasteiger partial charge in [0.25, 0.3) is 0 Å². The van der Waals surface area contributed by atoms with E-state index in [2.05, 4.69) is 19.3 Å². The molecule has 0 spiro atoms. The van der Waals surface area contributed by atoms with Gasteiger partial charge in [0, 0.05) is 12.3 Å². The summed E-state index contributed by atoms with van der Waals surface area (Å²) >= 11 is 0. The summed E-state index contributed by atoms with van der Waals surface area (Å²) in [5.74, 6) is 7.35. The summed E-state index contributed by atoms with van der Waals surface area (Å²) in [6, 6.07) is -0.178. The van der Waals surface area contributed by atoms with E-state index in [1.54, 1.807) is 13.8 Å². The van der Waals surface area contributed by atoms with Crippen LogP contribution in [0.3, 0.4) is 0 Å². The predicted molar refractivity (Wildman–Crippen MR) is 75.7 cm³/mol. The third-order valence-electron chi connectivity index (χ3n) is 4.99. The molecule has 0 radical (unpaired) electrons. The van der Waals surface area contributed by atoms with Crippen LogP contribution in [0.2, 0.25) is 0 Å². The van der Waals surface area contributed by atoms with Crippen molar-refractivity contribution in [3.8, 4) is 0 Å². The zero-order valence-corrected chi connectivity index (χ0v) is 13.0. The summed E-state index contributed by atoms with van der Waals surface area (Å²) in [4.78, 5) is 0. The topological polar surface area (TPSA) is 72.2 Å². The number of rotatable bonds is 4. The smallest absolute Gasteiger partial charge is 0.154 e. The monoisotopic (exact) mass is 276 g/mol. The molecule has 4 nitrogen and oxygen atoms in total. The Morgan fingerprint density at radius 3 is 2.17 bits per heavy atom. The maximum Gasteiger partial charge on any atom is 0.154 e. The lowest BCUT2D eigenvalue weighted by Gasteiger charge is -2.42. The molecule has 1 aliphatic rings. The molecule has 1 saturated carbocycles. The van der Waals surface area contributed by atoms with Gasteiger partial charge in [-0.15, -0.1) is 0 Å². The van der Waals surface area contributed by atoms with E-state index in [1.165, 1.54) is 6.26 Å². The molecule has 0 aromatic carbocycles. The number of hydrogen-bond donors (Lipinski definition) is 2. The lowest BCUT2D eigenvalue weighted by Crippen LogP contribution is -2.58. The fourth-order valence-corrected chi connectivity index (χ4v) is 3.75. The van der Waals surface area contributed by atoms with Crippen LogP contribution in [-0.4, -0.2) is 25.5 Å². The Bertz CT molecular complexity index is 378. The maximum atomic E-state index is 11.9. The third kappa shape index (κ3) is 3.06. The van der Waals surface area contributed by atoms with Crippen LogP contribution in [0.1, 0.15) is 47.0 Å². The van der Waals surface area contributed by atoms with Crippen LogP contribution in [0.15, 0.2) is 0 Å². The van der Waals surface area contributed by atoms with Gasteiger partial charge in [0.2, 0.25) is 0 Å². The molecule has 0 heterocycles. The molecule has 0 bridgehead atoms. The first kappa shape index (κ1) is 15.9. The van der Waals surface area contributed by atoms with Crippen LogP contribution in [0, 0.1) is 17.8 Å². The van der Waals surface area contributed by atoms with Gasteiger partial charge < -0.3 is 0 Å². The first-order valence-electron chi connectivity index (χ1n) is 6.77. The first-order valence-corrected chi connectivity index (χ1v) is 8.66. The van der Waals surface area contributed by atoms with E-state index in [-0.39, 0.29) is 6.04 Å². The second-order valence-electron chi connectivity index (χ2n) is 6.55. The van der Waals surface area contributed by atoms with Crippen LogP contribution in [0.4, 0.5) is 0 Å². The Morgan fingerprint density at radius 2 is 1.78 bits per heavy atom. The number of hydrogen-bond acceptors (Lipinski definition) is 4. The lowest BCUT2D eigenvalue weighted by molar-refractivity contribution is 0.155. The Hall–Kier alpha value is -0.130. The molecule has 1 aliphatic carbocycles. The molecule has 4 atom stereocenters. The van der Waals surface area contributed by atoms with E-state index in [4.69, 9.17) is 5.84 Å². The quantitative estimate of drug-likeness (QED) is 0.606. The number of nitrogens with one attached hydrogen (secondary N) is 1. The Labute approximate surface area is 112 Å². The van der Waals surface area contributed by atoms with E-state index >= 15 is 0 Å². The molecule has 3 N–H and O–H groups in total. The predicted octanol–water partition coefficient (Wildman–Crippen LogP) is 1.71. The van der Waals surface area contributed by atoms with Gasteiger partial charge in [-0.3, -0.25) is 11.3 Å². The molecule has 5 heteroatoms. The highest BCUT2D eigenvalue weighted by Gasteiger charge is 2.44. The second kappa shape index (κ2) is 5.47. The van der Waals surface area contributed by atoms with Gasteiger partial charge in [-0.2, -0.15) is 0 Å². The fourth-order valence-electron chi connectivity index (χ4n) is 3.03. The van der Waals surface area contributed by atoms with Crippen molar-refractivity contribution in [2.75, 3.05) is 6.26 Å². The molecule has 108 valence electrons. The van der Waals surface area contributed by atoms with Crippen molar-refractivity contribution in [2.24, 2.45) is 23.6 Å². The normalized spacial score (nSPS) is 32.2. The van der Waals surface area contributed by atoms with Gasteiger partial charge >= 0.3 is 0 Å². The van der Waals surface area contributed by atoms with Crippen molar-refractivity contribution in [2.45, 2.75) is 57.7 Å². The largest absolute Gasteiger partial charge is 0.271 e.